The Morgan fingerprint density at radius 1 is 1.42 bits per heavy atom. The molecule has 2 aromatic rings. The van der Waals surface area contributed by atoms with Crippen molar-refractivity contribution in [1.82, 2.24) is 9.78 Å². The Balaban J connectivity index is 2.03. The van der Waals surface area contributed by atoms with Crippen LogP contribution in [-0.2, 0) is 13.7 Å². The highest BCUT2D eigenvalue weighted by atomic mass is 16.5. The van der Waals surface area contributed by atoms with Gasteiger partial charge in [0.15, 0.2) is 0 Å². The predicted octanol–water partition coefficient (Wildman–Crippen LogP) is 1.65. The monoisotopic (exact) mass is 256 g/mol. The van der Waals surface area contributed by atoms with Crippen molar-refractivity contribution in [3.63, 3.8) is 0 Å². The van der Waals surface area contributed by atoms with Crippen LogP contribution < -0.4 is 4.74 Å². The van der Waals surface area contributed by atoms with Crippen LogP contribution in [0.2, 0.25) is 0 Å². The van der Waals surface area contributed by atoms with Gasteiger partial charge in [0.05, 0.1) is 6.20 Å². The molecule has 0 saturated carbocycles. The van der Waals surface area contributed by atoms with Crippen molar-refractivity contribution < 1.29 is 9.84 Å². The van der Waals surface area contributed by atoms with E-state index in [9.17, 15) is 0 Å². The topological polar surface area (TPSA) is 47.3 Å². The minimum atomic E-state index is -0.126. The smallest absolute Gasteiger partial charge is 0.120 e. The van der Waals surface area contributed by atoms with Crippen molar-refractivity contribution in [2.75, 3.05) is 6.61 Å². The van der Waals surface area contributed by atoms with E-state index in [1.807, 2.05) is 38.4 Å². The number of hydrogen-bond acceptors (Lipinski definition) is 3. The molecular formula is C15H16N2O2. The summed E-state index contributed by atoms with van der Waals surface area (Å²) in [6.45, 7) is 2.34. The maximum absolute atomic E-state index is 8.68. The third-order valence-electron chi connectivity index (χ3n) is 2.66. The van der Waals surface area contributed by atoms with E-state index < -0.39 is 0 Å². The Morgan fingerprint density at radius 2 is 2.26 bits per heavy atom. The van der Waals surface area contributed by atoms with E-state index >= 15 is 0 Å². The fourth-order valence-electron chi connectivity index (χ4n) is 1.71. The van der Waals surface area contributed by atoms with E-state index in [0.717, 1.165) is 22.4 Å². The highest BCUT2D eigenvalue weighted by Gasteiger charge is 2.01. The highest BCUT2D eigenvalue weighted by Crippen LogP contribution is 2.17. The van der Waals surface area contributed by atoms with Crippen LogP contribution in [0.15, 0.2) is 30.6 Å². The zero-order valence-electron chi connectivity index (χ0n) is 11.1. The van der Waals surface area contributed by atoms with Crippen molar-refractivity contribution >= 4 is 0 Å². The average molecular weight is 256 g/mol. The van der Waals surface area contributed by atoms with Crippen LogP contribution in [0.25, 0.3) is 0 Å². The van der Waals surface area contributed by atoms with Crippen LogP contribution in [0.3, 0.4) is 0 Å². The van der Waals surface area contributed by atoms with E-state index in [2.05, 4.69) is 16.9 Å². The molecule has 1 aromatic heterocycles. The van der Waals surface area contributed by atoms with E-state index in [-0.39, 0.29) is 6.61 Å². The van der Waals surface area contributed by atoms with Crippen molar-refractivity contribution in [3.8, 4) is 17.6 Å². The van der Waals surface area contributed by atoms with E-state index in [4.69, 9.17) is 9.84 Å². The summed E-state index contributed by atoms with van der Waals surface area (Å²) in [6.07, 6.45) is 3.71. The molecule has 0 bridgehead atoms. The summed E-state index contributed by atoms with van der Waals surface area (Å²) in [5.74, 6) is 6.34. The van der Waals surface area contributed by atoms with E-state index in [1.54, 1.807) is 10.9 Å². The molecule has 4 nitrogen and oxygen atoms in total. The van der Waals surface area contributed by atoms with Gasteiger partial charge in [-0.3, -0.25) is 4.68 Å². The number of benzene rings is 1. The molecule has 19 heavy (non-hydrogen) atoms. The lowest BCUT2D eigenvalue weighted by Gasteiger charge is -2.06. The summed E-state index contributed by atoms with van der Waals surface area (Å²) in [4.78, 5) is 0. The number of nitrogens with zero attached hydrogens (tertiary/aromatic N) is 2. The largest absolute Gasteiger partial charge is 0.489 e. The van der Waals surface area contributed by atoms with Gasteiger partial charge in [-0.2, -0.15) is 5.10 Å². The van der Waals surface area contributed by atoms with Crippen LogP contribution in [0.4, 0.5) is 0 Å². The fourth-order valence-corrected chi connectivity index (χ4v) is 1.71. The zero-order valence-corrected chi connectivity index (χ0v) is 11.1. The molecule has 0 fully saturated rings. The third-order valence-corrected chi connectivity index (χ3v) is 2.66. The third kappa shape index (κ3) is 3.60. The quantitative estimate of drug-likeness (QED) is 0.849. The molecular weight excluding hydrogens is 240 g/mol. The van der Waals surface area contributed by atoms with Gasteiger partial charge in [-0.05, 0) is 30.7 Å². The summed E-state index contributed by atoms with van der Waals surface area (Å²) in [5, 5.41) is 12.8. The van der Waals surface area contributed by atoms with Gasteiger partial charge in [0, 0.05) is 24.4 Å². The van der Waals surface area contributed by atoms with Gasteiger partial charge in [-0.15, -0.1) is 0 Å². The summed E-state index contributed by atoms with van der Waals surface area (Å²) in [5.41, 5.74) is 2.97. The number of rotatable bonds is 3. The Hall–Kier alpha value is -2.25. The minimum Gasteiger partial charge on any atom is -0.489 e. The molecule has 1 aromatic carbocycles. The van der Waals surface area contributed by atoms with Crippen LogP contribution in [-0.4, -0.2) is 21.5 Å². The predicted molar refractivity (Wildman–Crippen MR) is 72.7 cm³/mol. The average Bonchev–Trinajstić information content (AvgIpc) is 2.81. The number of aromatic nitrogens is 2. The van der Waals surface area contributed by atoms with Gasteiger partial charge < -0.3 is 9.84 Å². The molecule has 0 atom stereocenters. The van der Waals surface area contributed by atoms with Crippen molar-refractivity contribution in [2.24, 2.45) is 7.05 Å². The standard InChI is InChI=1S/C15H16N2O2/c1-12-8-15(6-5-14(12)4-3-7-18)19-11-13-9-16-17(2)10-13/h5-6,8-10,18H,7,11H2,1-2H3. The molecule has 1 N–H and O–H groups in total. The van der Waals surface area contributed by atoms with Gasteiger partial charge in [-0.1, -0.05) is 11.8 Å². The molecule has 4 heteroatoms. The zero-order chi connectivity index (χ0) is 13.7. The maximum Gasteiger partial charge on any atom is 0.120 e. The molecule has 2 rings (SSSR count). The van der Waals surface area contributed by atoms with Crippen molar-refractivity contribution in [2.45, 2.75) is 13.5 Å². The van der Waals surface area contributed by atoms with Crippen LogP contribution in [0.5, 0.6) is 5.75 Å². The highest BCUT2D eigenvalue weighted by molar-refractivity contribution is 5.44. The van der Waals surface area contributed by atoms with Crippen LogP contribution in [0, 0.1) is 18.8 Å². The normalized spacial score (nSPS) is 9.84. The van der Waals surface area contributed by atoms with Crippen molar-refractivity contribution in [1.29, 1.82) is 0 Å². The first-order valence-corrected chi connectivity index (χ1v) is 6.00. The molecule has 0 saturated heterocycles. The second-order valence-electron chi connectivity index (χ2n) is 4.25. The Bertz CT molecular complexity index is 621. The summed E-state index contributed by atoms with van der Waals surface area (Å²) in [6, 6.07) is 5.72. The second-order valence-corrected chi connectivity index (χ2v) is 4.25. The van der Waals surface area contributed by atoms with Gasteiger partial charge in [0.1, 0.15) is 19.0 Å². The lowest BCUT2D eigenvalue weighted by Crippen LogP contribution is -1.95. The summed E-state index contributed by atoms with van der Waals surface area (Å²) < 4.78 is 7.44. The van der Waals surface area contributed by atoms with Gasteiger partial charge in [0.2, 0.25) is 0 Å². The Kier molecular flexibility index (Phi) is 4.22. The molecule has 98 valence electrons. The second kappa shape index (κ2) is 6.07. The summed E-state index contributed by atoms with van der Waals surface area (Å²) >= 11 is 0. The van der Waals surface area contributed by atoms with Crippen molar-refractivity contribution in [3.05, 3.63) is 47.3 Å². The molecule has 0 radical (unpaired) electrons. The van der Waals surface area contributed by atoms with E-state index in [1.165, 1.54) is 0 Å². The SMILES string of the molecule is Cc1cc(OCc2cnn(C)c2)ccc1C#CCO. The Labute approximate surface area is 112 Å². The lowest BCUT2D eigenvalue weighted by atomic mass is 10.1. The molecule has 0 spiro atoms. The number of aliphatic hydroxyl groups excluding tert-OH is 1. The molecule has 0 aliphatic heterocycles. The number of aryl methyl sites for hydroxylation is 2. The first kappa shape index (κ1) is 13.2. The van der Waals surface area contributed by atoms with Crippen LogP contribution >= 0.6 is 0 Å². The van der Waals surface area contributed by atoms with Gasteiger partial charge in [-0.25, -0.2) is 0 Å². The fraction of sp³-hybridized carbons (Fsp3) is 0.267. The molecule has 0 aliphatic rings. The maximum atomic E-state index is 8.68. The Morgan fingerprint density at radius 3 is 2.89 bits per heavy atom. The van der Waals surface area contributed by atoms with Gasteiger partial charge in [0.25, 0.3) is 0 Å². The summed E-state index contributed by atoms with van der Waals surface area (Å²) in [7, 11) is 1.88. The lowest BCUT2D eigenvalue weighted by molar-refractivity contribution is 0.306. The molecule has 1 heterocycles. The molecule has 0 aliphatic carbocycles. The number of aliphatic hydroxyl groups is 1. The molecule has 0 amide bonds. The number of ether oxygens (including phenoxy) is 1. The molecule has 0 unspecified atom stereocenters. The first-order chi connectivity index (χ1) is 9.19. The van der Waals surface area contributed by atoms with Gasteiger partial charge >= 0.3 is 0 Å². The van der Waals surface area contributed by atoms with Crippen LogP contribution in [0.1, 0.15) is 16.7 Å². The first-order valence-electron chi connectivity index (χ1n) is 6.00. The minimum absolute atomic E-state index is 0.126. The van der Waals surface area contributed by atoms with E-state index in [0.29, 0.717) is 6.61 Å². The number of hydrogen-bond donors (Lipinski definition) is 1.